The molecular formula is C21H20ClNO5. The van der Waals surface area contributed by atoms with Gasteiger partial charge in [-0.05, 0) is 47.9 Å². The van der Waals surface area contributed by atoms with Crippen molar-refractivity contribution in [1.29, 1.82) is 0 Å². The van der Waals surface area contributed by atoms with Crippen molar-refractivity contribution in [2.75, 3.05) is 14.2 Å². The molecule has 6 nitrogen and oxygen atoms in total. The number of hydrogen-bond acceptors (Lipinski definition) is 6. The van der Waals surface area contributed by atoms with Crippen LogP contribution in [0.4, 0.5) is 0 Å². The first-order valence-electron chi connectivity index (χ1n) is 8.61. The van der Waals surface area contributed by atoms with Crippen molar-refractivity contribution < 1.29 is 18.7 Å². The van der Waals surface area contributed by atoms with Gasteiger partial charge in [0.25, 0.3) is 0 Å². The first-order chi connectivity index (χ1) is 13.4. The van der Waals surface area contributed by atoms with Gasteiger partial charge in [-0.3, -0.25) is 0 Å². The maximum Gasteiger partial charge on any atom is 0.341 e. The summed E-state index contributed by atoms with van der Waals surface area (Å²) in [5.74, 6) is -0.0114. The fraction of sp³-hybridized carbons (Fsp3) is 0.238. The van der Waals surface area contributed by atoms with Crippen molar-refractivity contribution in [2.24, 2.45) is 0 Å². The molecule has 0 bridgehead atoms. The van der Waals surface area contributed by atoms with Crippen LogP contribution in [0.5, 0.6) is 5.75 Å². The van der Waals surface area contributed by atoms with Crippen LogP contribution < -0.4 is 15.7 Å². The Morgan fingerprint density at radius 3 is 2.64 bits per heavy atom. The van der Waals surface area contributed by atoms with Crippen LogP contribution in [0.3, 0.4) is 0 Å². The lowest BCUT2D eigenvalue weighted by Crippen LogP contribution is -2.15. The third kappa shape index (κ3) is 4.18. The molecule has 3 aromatic rings. The number of nitrogens with one attached hydrogen (secondary N) is 1. The van der Waals surface area contributed by atoms with E-state index < -0.39 is 11.6 Å². The molecule has 0 fully saturated rings. The van der Waals surface area contributed by atoms with Crippen molar-refractivity contribution in [3.05, 3.63) is 74.1 Å². The highest BCUT2D eigenvalue weighted by atomic mass is 35.5. The number of methoxy groups -OCH3 is 2. The average Bonchev–Trinajstić information content (AvgIpc) is 2.68. The number of esters is 1. The molecule has 0 unspecified atom stereocenters. The minimum Gasteiger partial charge on any atom is -0.496 e. The van der Waals surface area contributed by atoms with Gasteiger partial charge < -0.3 is 19.2 Å². The number of ether oxygens (including phenoxy) is 2. The Labute approximate surface area is 167 Å². The van der Waals surface area contributed by atoms with Gasteiger partial charge in [0.15, 0.2) is 0 Å². The second-order valence-corrected chi connectivity index (χ2v) is 6.73. The van der Waals surface area contributed by atoms with Gasteiger partial charge in [-0.2, -0.15) is 0 Å². The molecule has 2 aromatic carbocycles. The average molecular weight is 402 g/mol. The summed E-state index contributed by atoms with van der Waals surface area (Å²) in [5.41, 5.74) is 2.96. The molecule has 28 heavy (non-hydrogen) atoms. The third-order valence-corrected chi connectivity index (χ3v) is 4.83. The van der Waals surface area contributed by atoms with Crippen LogP contribution in [-0.2, 0) is 17.8 Å². The SMILES string of the molecule is COC(=O)c1cc(CNCc2cc(=O)oc3cc(C)c(Cl)cc23)ccc1OC. The molecule has 1 heterocycles. The molecule has 0 saturated heterocycles. The summed E-state index contributed by atoms with van der Waals surface area (Å²) < 4.78 is 15.3. The molecule has 0 aliphatic carbocycles. The Morgan fingerprint density at radius 1 is 1.14 bits per heavy atom. The molecule has 0 radical (unpaired) electrons. The van der Waals surface area contributed by atoms with Crippen molar-refractivity contribution in [1.82, 2.24) is 5.32 Å². The summed E-state index contributed by atoms with van der Waals surface area (Å²) in [6.07, 6.45) is 0. The van der Waals surface area contributed by atoms with E-state index in [0.717, 1.165) is 22.1 Å². The van der Waals surface area contributed by atoms with E-state index in [-0.39, 0.29) is 0 Å². The zero-order valence-corrected chi connectivity index (χ0v) is 16.6. The zero-order chi connectivity index (χ0) is 20.3. The lowest BCUT2D eigenvalue weighted by molar-refractivity contribution is 0.0597. The fourth-order valence-corrected chi connectivity index (χ4v) is 3.13. The van der Waals surface area contributed by atoms with Crippen molar-refractivity contribution in [3.63, 3.8) is 0 Å². The Bertz CT molecular complexity index is 1090. The van der Waals surface area contributed by atoms with Gasteiger partial charge in [0.05, 0.1) is 14.2 Å². The summed E-state index contributed by atoms with van der Waals surface area (Å²) >= 11 is 6.22. The summed E-state index contributed by atoms with van der Waals surface area (Å²) in [4.78, 5) is 23.8. The molecule has 0 aliphatic rings. The second-order valence-electron chi connectivity index (χ2n) is 6.32. The number of carbonyl (C=O) groups excluding carboxylic acids is 1. The van der Waals surface area contributed by atoms with E-state index >= 15 is 0 Å². The van der Waals surface area contributed by atoms with E-state index in [1.165, 1.54) is 20.3 Å². The topological polar surface area (TPSA) is 77.8 Å². The van der Waals surface area contributed by atoms with Crippen LogP contribution in [0.1, 0.15) is 27.0 Å². The van der Waals surface area contributed by atoms with E-state index in [4.69, 9.17) is 25.5 Å². The summed E-state index contributed by atoms with van der Waals surface area (Å²) in [6, 6.07) is 10.3. The number of carbonyl (C=O) groups is 1. The zero-order valence-electron chi connectivity index (χ0n) is 15.8. The molecule has 0 atom stereocenters. The summed E-state index contributed by atoms with van der Waals surface area (Å²) in [6.45, 7) is 2.77. The predicted octanol–water partition coefficient (Wildman–Crippen LogP) is 3.84. The van der Waals surface area contributed by atoms with Gasteiger partial charge in [-0.15, -0.1) is 0 Å². The Hall–Kier alpha value is -2.83. The molecule has 0 saturated carbocycles. The van der Waals surface area contributed by atoms with Crippen LogP contribution in [0, 0.1) is 6.92 Å². The molecular weight excluding hydrogens is 382 g/mol. The van der Waals surface area contributed by atoms with E-state index in [9.17, 15) is 9.59 Å². The monoisotopic (exact) mass is 401 g/mol. The normalized spacial score (nSPS) is 10.9. The van der Waals surface area contributed by atoms with Gasteiger partial charge in [0.1, 0.15) is 16.9 Å². The van der Waals surface area contributed by atoms with Crippen LogP contribution in [0.2, 0.25) is 5.02 Å². The van der Waals surface area contributed by atoms with Crippen LogP contribution in [0.25, 0.3) is 11.0 Å². The van der Waals surface area contributed by atoms with E-state index in [1.54, 1.807) is 24.3 Å². The second kappa shape index (κ2) is 8.46. The number of halogens is 1. The quantitative estimate of drug-likeness (QED) is 0.499. The van der Waals surface area contributed by atoms with Gasteiger partial charge in [0.2, 0.25) is 0 Å². The maximum atomic E-state index is 11.9. The van der Waals surface area contributed by atoms with Gasteiger partial charge in [-0.1, -0.05) is 17.7 Å². The van der Waals surface area contributed by atoms with E-state index in [0.29, 0.717) is 35.0 Å². The largest absolute Gasteiger partial charge is 0.496 e. The van der Waals surface area contributed by atoms with Crippen LogP contribution >= 0.6 is 11.6 Å². The highest BCUT2D eigenvalue weighted by Crippen LogP contribution is 2.25. The number of rotatable bonds is 6. The standard InChI is InChI=1S/C21H20ClNO5/c1-12-6-19-15(9-17(12)22)14(8-20(24)28-19)11-23-10-13-4-5-18(26-2)16(7-13)21(25)27-3/h4-9,23H,10-11H2,1-3H3. The predicted molar refractivity (Wildman–Crippen MR) is 107 cm³/mol. The van der Waals surface area contributed by atoms with Crippen molar-refractivity contribution in [3.8, 4) is 5.75 Å². The van der Waals surface area contributed by atoms with Crippen molar-refractivity contribution >= 4 is 28.5 Å². The summed E-state index contributed by atoms with van der Waals surface area (Å²) in [7, 11) is 2.82. The lowest BCUT2D eigenvalue weighted by Gasteiger charge is -2.11. The minimum absolute atomic E-state index is 0.359. The molecule has 1 aromatic heterocycles. The van der Waals surface area contributed by atoms with E-state index in [2.05, 4.69) is 5.32 Å². The fourth-order valence-electron chi connectivity index (χ4n) is 2.97. The molecule has 0 aliphatic heterocycles. The molecule has 0 amide bonds. The van der Waals surface area contributed by atoms with Gasteiger partial charge in [-0.25, -0.2) is 9.59 Å². The number of benzene rings is 2. The Kier molecular flexibility index (Phi) is 6.02. The van der Waals surface area contributed by atoms with Crippen molar-refractivity contribution in [2.45, 2.75) is 20.0 Å². The molecule has 1 N–H and O–H groups in total. The highest BCUT2D eigenvalue weighted by molar-refractivity contribution is 6.32. The first kappa shape index (κ1) is 19.9. The maximum absolute atomic E-state index is 11.9. The van der Waals surface area contributed by atoms with Gasteiger partial charge in [0, 0.05) is 29.6 Å². The Balaban J connectivity index is 1.81. The number of fused-ring (bicyclic) bond motifs is 1. The number of aryl methyl sites for hydroxylation is 1. The molecule has 3 rings (SSSR count). The lowest BCUT2D eigenvalue weighted by atomic mass is 10.1. The molecule has 7 heteroatoms. The van der Waals surface area contributed by atoms with Crippen LogP contribution in [-0.4, -0.2) is 20.2 Å². The molecule has 0 spiro atoms. The van der Waals surface area contributed by atoms with Crippen LogP contribution in [0.15, 0.2) is 45.6 Å². The van der Waals surface area contributed by atoms with E-state index in [1.807, 2.05) is 13.0 Å². The highest BCUT2D eigenvalue weighted by Gasteiger charge is 2.14. The Morgan fingerprint density at radius 2 is 1.93 bits per heavy atom. The third-order valence-electron chi connectivity index (χ3n) is 4.42. The van der Waals surface area contributed by atoms with Gasteiger partial charge >= 0.3 is 11.6 Å². The molecule has 146 valence electrons. The minimum atomic E-state index is -0.463. The number of hydrogen-bond donors (Lipinski definition) is 1. The summed E-state index contributed by atoms with van der Waals surface area (Å²) in [5, 5.41) is 4.67. The smallest absolute Gasteiger partial charge is 0.341 e. The first-order valence-corrected chi connectivity index (χ1v) is 8.99.